The molecule has 0 amide bonds. The number of piperidine rings is 1. The Kier molecular flexibility index (Phi) is 10.9. The molecule has 1 N–H and O–H groups in total. The summed E-state index contributed by atoms with van der Waals surface area (Å²) in [6, 6.07) is 3.80. The van der Waals surface area contributed by atoms with Crippen LogP contribution >= 0.6 is 0 Å². The first-order valence-corrected chi connectivity index (χ1v) is 19.7. The van der Waals surface area contributed by atoms with E-state index >= 15 is 13.2 Å². The van der Waals surface area contributed by atoms with Crippen LogP contribution < -0.4 is 10.9 Å². The van der Waals surface area contributed by atoms with Crippen LogP contribution in [0.25, 0.3) is 11.0 Å². The van der Waals surface area contributed by atoms with Gasteiger partial charge in [-0.1, -0.05) is 43.9 Å². The second-order valence-electron chi connectivity index (χ2n) is 14.3. The van der Waals surface area contributed by atoms with Crippen molar-refractivity contribution in [3.8, 4) is 0 Å². The van der Waals surface area contributed by atoms with Crippen molar-refractivity contribution in [2.45, 2.75) is 115 Å². The van der Waals surface area contributed by atoms with Crippen LogP contribution in [0.15, 0.2) is 29.1 Å². The monoisotopic (exact) mass is 723 g/mol. The molecular formula is C36H46F5N5O3S. The van der Waals surface area contributed by atoms with Gasteiger partial charge in [0.05, 0.1) is 34.5 Å². The van der Waals surface area contributed by atoms with Gasteiger partial charge in [0, 0.05) is 23.6 Å². The van der Waals surface area contributed by atoms with E-state index in [9.17, 15) is 22.0 Å². The Hall–Kier alpha value is -3.13. The summed E-state index contributed by atoms with van der Waals surface area (Å²) in [5.41, 5.74) is -0.132. The number of anilines is 1. The SMILES string of the molecule is Cc1nc2c3cc(C4CCS(=O)(=O)CC4)c(=O)n(c3n1)CCCCCCCC(C(F)F)N1CCC(CC1)C(F)(F)c1cccc(c1F)[C@@H](C)N2. The molecule has 1 aromatic carbocycles. The van der Waals surface area contributed by atoms with E-state index in [1.165, 1.54) is 12.1 Å². The molecule has 8 bridgehead atoms. The van der Waals surface area contributed by atoms with Crippen molar-refractivity contribution in [2.24, 2.45) is 5.92 Å². The summed E-state index contributed by atoms with van der Waals surface area (Å²) in [6.45, 7) is 3.85. The third-order valence-corrected chi connectivity index (χ3v) is 12.7. The van der Waals surface area contributed by atoms with Gasteiger partial charge < -0.3 is 5.32 Å². The van der Waals surface area contributed by atoms with Crippen LogP contribution in [0.5, 0.6) is 0 Å². The minimum atomic E-state index is -3.51. The van der Waals surface area contributed by atoms with Gasteiger partial charge in [-0.2, -0.15) is 0 Å². The Morgan fingerprint density at radius 1 is 0.920 bits per heavy atom. The van der Waals surface area contributed by atoms with Crippen molar-refractivity contribution in [1.82, 2.24) is 19.4 Å². The number of nitrogens with one attached hydrogen (secondary N) is 1. The smallest absolute Gasteiger partial charge is 0.278 e. The summed E-state index contributed by atoms with van der Waals surface area (Å²) >= 11 is 0. The number of rotatable bonds is 2. The maximum absolute atomic E-state index is 16.2. The first kappa shape index (κ1) is 36.7. The summed E-state index contributed by atoms with van der Waals surface area (Å²) in [7, 11) is -3.19. The average molecular weight is 724 g/mol. The predicted molar refractivity (Wildman–Crippen MR) is 183 cm³/mol. The van der Waals surface area contributed by atoms with E-state index in [1.54, 1.807) is 29.4 Å². The van der Waals surface area contributed by atoms with Crippen LogP contribution in [-0.2, 0) is 22.3 Å². The fourth-order valence-electron chi connectivity index (χ4n) is 8.05. The molecule has 0 radical (unpaired) electrons. The van der Waals surface area contributed by atoms with E-state index < -0.39 is 51.6 Å². The maximum atomic E-state index is 16.2. The number of alkyl halides is 4. The normalized spacial score (nSPS) is 26.7. The predicted octanol–water partition coefficient (Wildman–Crippen LogP) is 7.50. The molecule has 6 heterocycles. The molecule has 0 aliphatic carbocycles. The lowest BCUT2D eigenvalue weighted by atomic mass is 9.84. The van der Waals surface area contributed by atoms with Crippen LogP contribution in [0, 0.1) is 18.7 Å². The highest BCUT2D eigenvalue weighted by molar-refractivity contribution is 7.91. The largest absolute Gasteiger partial charge is 0.363 e. The van der Waals surface area contributed by atoms with Crippen LogP contribution in [-0.4, -0.2) is 64.9 Å². The Bertz CT molecular complexity index is 1850. The quantitative estimate of drug-likeness (QED) is 0.274. The lowest BCUT2D eigenvalue weighted by Gasteiger charge is -2.40. The number of aromatic nitrogens is 3. The van der Waals surface area contributed by atoms with Gasteiger partial charge in [0.1, 0.15) is 32.9 Å². The summed E-state index contributed by atoms with van der Waals surface area (Å²) in [4.78, 5) is 24.9. The second kappa shape index (κ2) is 14.8. The Labute approximate surface area is 289 Å². The van der Waals surface area contributed by atoms with Gasteiger partial charge >= 0.3 is 0 Å². The van der Waals surface area contributed by atoms with Gasteiger partial charge in [0.15, 0.2) is 0 Å². The number of fused-ring (bicyclic) bond motifs is 10. The van der Waals surface area contributed by atoms with Crippen molar-refractivity contribution in [3.05, 3.63) is 63.0 Å². The zero-order chi connectivity index (χ0) is 35.8. The molecule has 50 heavy (non-hydrogen) atoms. The highest BCUT2D eigenvalue weighted by Gasteiger charge is 2.46. The van der Waals surface area contributed by atoms with E-state index in [2.05, 4.69) is 15.3 Å². The first-order valence-electron chi connectivity index (χ1n) is 17.8. The molecule has 3 aromatic rings. The number of aryl methyl sites for hydroxylation is 2. The van der Waals surface area contributed by atoms with E-state index in [4.69, 9.17) is 0 Å². The third-order valence-electron chi connectivity index (χ3n) is 11.0. The molecule has 14 heteroatoms. The van der Waals surface area contributed by atoms with Gasteiger partial charge in [0.2, 0.25) is 0 Å². The fourth-order valence-corrected chi connectivity index (χ4v) is 9.54. The minimum absolute atomic E-state index is 0.00923. The lowest BCUT2D eigenvalue weighted by Crippen LogP contribution is -2.47. The Morgan fingerprint density at radius 3 is 2.30 bits per heavy atom. The molecule has 4 aliphatic heterocycles. The zero-order valence-corrected chi connectivity index (χ0v) is 29.4. The molecule has 4 aliphatic rings. The number of benzene rings is 1. The Morgan fingerprint density at radius 2 is 1.60 bits per heavy atom. The molecule has 0 saturated carbocycles. The summed E-state index contributed by atoms with van der Waals surface area (Å²) < 4.78 is 103. The molecule has 7 rings (SSSR count). The van der Waals surface area contributed by atoms with Crippen LogP contribution in [0.4, 0.5) is 27.8 Å². The molecule has 0 spiro atoms. The number of halogens is 5. The highest BCUT2D eigenvalue weighted by Crippen LogP contribution is 2.44. The van der Waals surface area contributed by atoms with Crippen LogP contribution in [0.3, 0.4) is 0 Å². The molecule has 1 unspecified atom stereocenters. The topological polar surface area (TPSA) is 97.2 Å². The van der Waals surface area contributed by atoms with Crippen molar-refractivity contribution in [1.29, 1.82) is 0 Å². The van der Waals surface area contributed by atoms with E-state index in [-0.39, 0.29) is 60.9 Å². The summed E-state index contributed by atoms with van der Waals surface area (Å²) in [5.74, 6) is -5.41. The van der Waals surface area contributed by atoms with Crippen LogP contribution in [0.1, 0.15) is 106 Å². The minimum Gasteiger partial charge on any atom is -0.363 e. The standard InChI is InChI=1S/C36H46F5N5O3S/c1-22-26-9-8-10-29(31(26)37)36(40,41)25-12-17-45(18-13-25)30(32(38)39)11-6-4-3-5-7-16-46-34-28(33(42-22)43-23(2)44-34)21-27(35(46)47)24-14-19-50(48,49)20-15-24/h8-10,21-22,24-25,30,32H,3-7,11-20H2,1-2H3,(H,42,43,44)/t22-,30?/m1/s1. The molecule has 2 aromatic heterocycles. The number of hydrogen-bond acceptors (Lipinski definition) is 7. The average Bonchev–Trinajstić information content (AvgIpc) is 3.06. The van der Waals surface area contributed by atoms with Crippen molar-refractivity contribution >= 4 is 26.7 Å². The summed E-state index contributed by atoms with van der Waals surface area (Å²) in [6.07, 6.45) is 1.67. The second-order valence-corrected chi connectivity index (χ2v) is 16.6. The van der Waals surface area contributed by atoms with Gasteiger partial charge in [-0.25, -0.2) is 40.3 Å². The fraction of sp³-hybridized carbons (Fsp3) is 0.639. The van der Waals surface area contributed by atoms with Crippen molar-refractivity contribution in [2.75, 3.05) is 29.9 Å². The number of pyridine rings is 1. The molecule has 2 fully saturated rings. The van der Waals surface area contributed by atoms with Crippen molar-refractivity contribution < 1.29 is 30.4 Å². The molecule has 2 atom stereocenters. The first-order chi connectivity index (χ1) is 23.8. The van der Waals surface area contributed by atoms with Gasteiger partial charge in [-0.15, -0.1) is 0 Å². The molecule has 274 valence electrons. The van der Waals surface area contributed by atoms with E-state index in [0.29, 0.717) is 66.9 Å². The van der Waals surface area contributed by atoms with E-state index in [1.807, 2.05) is 0 Å². The number of hydrogen-bond donors (Lipinski definition) is 1. The van der Waals surface area contributed by atoms with E-state index in [0.717, 1.165) is 18.9 Å². The maximum Gasteiger partial charge on any atom is 0.278 e. The highest BCUT2D eigenvalue weighted by atomic mass is 32.2. The number of sulfone groups is 1. The lowest BCUT2D eigenvalue weighted by molar-refractivity contribution is -0.0976. The third kappa shape index (κ3) is 7.56. The Balaban J connectivity index is 1.42. The molecular weight excluding hydrogens is 677 g/mol. The van der Waals surface area contributed by atoms with Gasteiger partial charge in [0.25, 0.3) is 17.9 Å². The number of nitrogens with zero attached hydrogens (tertiary/aromatic N) is 4. The zero-order valence-electron chi connectivity index (χ0n) is 28.6. The molecule has 8 nitrogen and oxygen atoms in total. The summed E-state index contributed by atoms with van der Waals surface area (Å²) in [5, 5.41) is 3.72. The molecule has 2 saturated heterocycles. The van der Waals surface area contributed by atoms with Crippen molar-refractivity contribution in [3.63, 3.8) is 0 Å². The van der Waals surface area contributed by atoms with Crippen LogP contribution in [0.2, 0.25) is 0 Å². The van der Waals surface area contributed by atoms with Gasteiger partial charge in [-0.05, 0) is 77.4 Å². The van der Waals surface area contributed by atoms with Gasteiger partial charge in [-0.3, -0.25) is 14.3 Å².